The molecule has 0 saturated heterocycles. The topological polar surface area (TPSA) is 18.5 Å². The highest BCUT2D eigenvalue weighted by Crippen LogP contribution is 2.39. The number of rotatable bonds is 3. The van der Waals surface area contributed by atoms with Crippen LogP contribution in [-0.4, -0.2) is 13.5 Å². The van der Waals surface area contributed by atoms with Crippen LogP contribution < -0.4 is 9.47 Å². The molecule has 0 aliphatic carbocycles. The molecule has 0 unspecified atom stereocenters. The minimum Gasteiger partial charge on any atom is -0.496 e. The number of alkyl halides is 6. The van der Waals surface area contributed by atoms with Gasteiger partial charge in [-0.25, -0.2) is 0 Å². The van der Waals surface area contributed by atoms with Gasteiger partial charge >= 0.3 is 12.5 Å². The van der Waals surface area contributed by atoms with E-state index in [1.807, 2.05) is 0 Å². The van der Waals surface area contributed by atoms with Crippen molar-refractivity contribution in [3.63, 3.8) is 0 Å². The molecule has 0 aliphatic heterocycles. The Balaban J connectivity index is 2.41. The molecule has 0 atom stereocenters. The Labute approximate surface area is 127 Å². The third-order valence-electron chi connectivity index (χ3n) is 2.91. The van der Waals surface area contributed by atoms with Gasteiger partial charge in [0.05, 0.1) is 12.7 Å². The Morgan fingerprint density at radius 1 is 0.826 bits per heavy atom. The van der Waals surface area contributed by atoms with Crippen molar-refractivity contribution < 1.29 is 35.8 Å². The third-order valence-corrected chi connectivity index (χ3v) is 2.91. The lowest BCUT2D eigenvalue weighted by Crippen LogP contribution is -2.17. The molecule has 2 nitrogen and oxygen atoms in total. The first-order chi connectivity index (χ1) is 10.6. The molecule has 0 N–H and O–H groups in total. The van der Waals surface area contributed by atoms with Crippen LogP contribution in [0.4, 0.5) is 26.3 Å². The zero-order valence-corrected chi connectivity index (χ0v) is 11.6. The van der Waals surface area contributed by atoms with E-state index < -0.39 is 29.6 Å². The first-order valence-electron chi connectivity index (χ1n) is 6.21. The normalized spacial score (nSPS) is 12.1. The first-order valence-corrected chi connectivity index (χ1v) is 6.21. The second-order valence-electron chi connectivity index (χ2n) is 4.49. The number of halogens is 6. The monoisotopic (exact) mass is 336 g/mol. The van der Waals surface area contributed by atoms with E-state index in [0.717, 1.165) is 37.4 Å². The van der Waals surface area contributed by atoms with E-state index in [2.05, 4.69) is 4.74 Å². The van der Waals surface area contributed by atoms with Gasteiger partial charge in [0.1, 0.15) is 11.5 Å². The lowest BCUT2D eigenvalue weighted by molar-refractivity contribution is -0.274. The van der Waals surface area contributed by atoms with Gasteiger partial charge in [0, 0.05) is 0 Å². The van der Waals surface area contributed by atoms with Gasteiger partial charge in [-0.05, 0) is 35.4 Å². The highest BCUT2D eigenvalue weighted by atomic mass is 19.4. The van der Waals surface area contributed by atoms with E-state index in [0.29, 0.717) is 0 Å². The molecular formula is C15H10F6O2. The van der Waals surface area contributed by atoms with Crippen molar-refractivity contribution in [3.05, 3.63) is 48.0 Å². The van der Waals surface area contributed by atoms with E-state index in [4.69, 9.17) is 4.74 Å². The Morgan fingerprint density at radius 3 is 2.04 bits per heavy atom. The number of hydrogen-bond acceptors (Lipinski definition) is 2. The fourth-order valence-corrected chi connectivity index (χ4v) is 1.98. The molecule has 0 saturated carbocycles. The van der Waals surface area contributed by atoms with Crippen LogP contribution in [0.3, 0.4) is 0 Å². The summed E-state index contributed by atoms with van der Waals surface area (Å²) in [6.45, 7) is 0. The fraction of sp³-hybridized carbons (Fsp3) is 0.200. The average Bonchev–Trinajstić information content (AvgIpc) is 2.44. The van der Waals surface area contributed by atoms with Crippen molar-refractivity contribution >= 4 is 0 Å². The maximum absolute atomic E-state index is 12.8. The lowest BCUT2D eigenvalue weighted by atomic mass is 10.0. The SMILES string of the molecule is COc1cc(-c2cccc(OC(F)(F)F)c2)ccc1C(F)(F)F. The molecular weight excluding hydrogens is 326 g/mol. The van der Waals surface area contributed by atoms with E-state index in [9.17, 15) is 26.3 Å². The van der Waals surface area contributed by atoms with Gasteiger partial charge in [-0.3, -0.25) is 0 Å². The second-order valence-corrected chi connectivity index (χ2v) is 4.49. The van der Waals surface area contributed by atoms with Crippen molar-refractivity contribution in [2.45, 2.75) is 12.5 Å². The molecule has 0 aromatic heterocycles. The summed E-state index contributed by atoms with van der Waals surface area (Å²) in [4.78, 5) is 0. The molecule has 23 heavy (non-hydrogen) atoms. The average molecular weight is 336 g/mol. The van der Waals surface area contributed by atoms with Crippen molar-refractivity contribution in [2.75, 3.05) is 7.11 Å². The van der Waals surface area contributed by atoms with E-state index in [-0.39, 0.29) is 11.1 Å². The van der Waals surface area contributed by atoms with Gasteiger partial charge in [-0.1, -0.05) is 18.2 Å². The zero-order chi connectivity index (χ0) is 17.3. The summed E-state index contributed by atoms with van der Waals surface area (Å²) in [5, 5.41) is 0. The first kappa shape index (κ1) is 17.0. The number of hydrogen-bond donors (Lipinski definition) is 0. The summed E-state index contributed by atoms with van der Waals surface area (Å²) < 4.78 is 83.5. The number of benzene rings is 2. The van der Waals surface area contributed by atoms with Crippen LogP contribution in [0.1, 0.15) is 5.56 Å². The van der Waals surface area contributed by atoms with Crippen LogP contribution in [0.15, 0.2) is 42.5 Å². The molecule has 2 aromatic rings. The Bertz CT molecular complexity index is 691. The molecule has 0 bridgehead atoms. The summed E-state index contributed by atoms with van der Waals surface area (Å²) in [6, 6.07) is 8.00. The minimum atomic E-state index is -4.85. The van der Waals surface area contributed by atoms with E-state index >= 15 is 0 Å². The van der Waals surface area contributed by atoms with Gasteiger partial charge in [0.2, 0.25) is 0 Å². The van der Waals surface area contributed by atoms with Gasteiger partial charge in [0.15, 0.2) is 0 Å². The summed E-state index contributed by atoms with van der Waals surface area (Å²) >= 11 is 0. The van der Waals surface area contributed by atoms with Gasteiger partial charge in [-0.15, -0.1) is 13.2 Å². The summed E-state index contributed by atoms with van der Waals surface area (Å²) in [5.41, 5.74) is -0.437. The maximum Gasteiger partial charge on any atom is 0.573 e. The quantitative estimate of drug-likeness (QED) is 0.710. The van der Waals surface area contributed by atoms with Crippen molar-refractivity contribution in [3.8, 4) is 22.6 Å². The molecule has 0 fully saturated rings. The maximum atomic E-state index is 12.8. The zero-order valence-electron chi connectivity index (χ0n) is 11.6. The molecule has 2 rings (SSSR count). The highest BCUT2D eigenvalue weighted by Gasteiger charge is 2.34. The standard InChI is InChI=1S/C15H10F6O2/c1-22-13-8-10(5-6-12(13)14(16,17)18)9-3-2-4-11(7-9)23-15(19,20)21/h2-8H,1H3. The molecule has 0 radical (unpaired) electrons. The number of ether oxygens (including phenoxy) is 2. The van der Waals surface area contributed by atoms with E-state index in [1.165, 1.54) is 12.1 Å². The van der Waals surface area contributed by atoms with Crippen molar-refractivity contribution in [2.24, 2.45) is 0 Å². The summed E-state index contributed by atoms with van der Waals surface area (Å²) in [7, 11) is 1.08. The van der Waals surface area contributed by atoms with E-state index in [1.54, 1.807) is 0 Å². The number of methoxy groups -OCH3 is 1. The highest BCUT2D eigenvalue weighted by molar-refractivity contribution is 5.67. The molecule has 0 amide bonds. The van der Waals surface area contributed by atoms with Gasteiger partial charge in [0.25, 0.3) is 0 Å². The summed E-state index contributed by atoms with van der Waals surface area (Å²) in [5.74, 6) is -0.883. The Morgan fingerprint density at radius 2 is 1.48 bits per heavy atom. The van der Waals surface area contributed by atoms with Crippen LogP contribution >= 0.6 is 0 Å². The largest absolute Gasteiger partial charge is 0.573 e. The lowest BCUT2D eigenvalue weighted by Gasteiger charge is -2.14. The predicted molar refractivity (Wildman–Crippen MR) is 70.1 cm³/mol. The van der Waals surface area contributed by atoms with Crippen LogP contribution in [0.25, 0.3) is 11.1 Å². The van der Waals surface area contributed by atoms with Crippen molar-refractivity contribution in [1.82, 2.24) is 0 Å². The molecule has 0 heterocycles. The Hall–Kier alpha value is -2.38. The smallest absolute Gasteiger partial charge is 0.496 e. The van der Waals surface area contributed by atoms with Crippen LogP contribution in [0.2, 0.25) is 0 Å². The van der Waals surface area contributed by atoms with Crippen LogP contribution in [0.5, 0.6) is 11.5 Å². The molecule has 2 aromatic carbocycles. The van der Waals surface area contributed by atoms with Crippen LogP contribution in [-0.2, 0) is 6.18 Å². The van der Waals surface area contributed by atoms with Crippen molar-refractivity contribution in [1.29, 1.82) is 0 Å². The fourth-order valence-electron chi connectivity index (χ4n) is 1.98. The second kappa shape index (κ2) is 6.02. The molecule has 124 valence electrons. The van der Waals surface area contributed by atoms with Gasteiger partial charge in [-0.2, -0.15) is 13.2 Å². The Kier molecular flexibility index (Phi) is 4.44. The molecule has 0 aliphatic rings. The molecule has 0 spiro atoms. The predicted octanol–water partition coefficient (Wildman–Crippen LogP) is 5.28. The minimum absolute atomic E-state index is 0.263. The molecule has 8 heteroatoms. The summed E-state index contributed by atoms with van der Waals surface area (Å²) in [6.07, 6.45) is -9.44. The third kappa shape index (κ3) is 4.30. The van der Waals surface area contributed by atoms with Crippen LogP contribution in [0, 0.1) is 0 Å². The van der Waals surface area contributed by atoms with Gasteiger partial charge < -0.3 is 9.47 Å².